The highest BCUT2D eigenvalue weighted by molar-refractivity contribution is 6.00. The molecular weight excluding hydrogens is 264 g/mol. The molecule has 0 aliphatic heterocycles. The zero-order valence-corrected chi connectivity index (χ0v) is 12.0. The summed E-state index contributed by atoms with van der Waals surface area (Å²) >= 11 is 0. The summed E-state index contributed by atoms with van der Waals surface area (Å²) < 4.78 is 10.8. The van der Waals surface area contributed by atoms with E-state index in [0.29, 0.717) is 22.7 Å². The van der Waals surface area contributed by atoms with Gasteiger partial charge in [0.05, 0.1) is 25.3 Å². The molecule has 1 aromatic heterocycles. The van der Waals surface area contributed by atoms with Gasteiger partial charge in [0.2, 0.25) is 0 Å². The molecule has 0 fully saturated rings. The SMILES string of the molecule is COc1ccc(OC)c2c(N)cc(-c3ccccc3)nc12. The van der Waals surface area contributed by atoms with Crippen LogP contribution in [0, 0.1) is 0 Å². The molecule has 1 heterocycles. The average molecular weight is 280 g/mol. The van der Waals surface area contributed by atoms with Crippen LogP contribution in [0.25, 0.3) is 22.2 Å². The van der Waals surface area contributed by atoms with Crippen molar-refractivity contribution >= 4 is 16.6 Å². The molecular formula is C17H16N2O2. The van der Waals surface area contributed by atoms with E-state index in [1.54, 1.807) is 14.2 Å². The number of rotatable bonds is 3. The first kappa shape index (κ1) is 13.2. The normalized spacial score (nSPS) is 10.6. The molecule has 0 aliphatic carbocycles. The minimum absolute atomic E-state index is 0.620. The van der Waals surface area contributed by atoms with E-state index < -0.39 is 0 Å². The molecule has 0 aliphatic rings. The number of benzene rings is 2. The van der Waals surface area contributed by atoms with Crippen molar-refractivity contribution in [2.75, 3.05) is 20.0 Å². The molecule has 0 atom stereocenters. The molecule has 0 spiro atoms. The van der Waals surface area contributed by atoms with Gasteiger partial charge in [-0.1, -0.05) is 30.3 Å². The number of hydrogen-bond donors (Lipinski definition) is 1. The van der Waals surface area contributed by atoms with E-state index in [4.69, 9.17) is 20.2 Å². The van der Waals surface area contributed by atoms with E-state index in [0.717, 1.165) is 16.6 Å². The molecule has 0 bridgehead atoms. The number of ether oxygens (including phenoxy) is 2. The minimum atomic E-state index is 0.620. The van der Waals surface area contributed by atoms with Gasteiger partial charge >= 0.3 is 0 Å². The molecule has 21 heavy (non-hydrogen) atoms. The highest BCUT2D eigenvalue weighted by Crippen LogP contribution is 2.37. The predicted molar refractivity (Wildman–Crippen MR) is 84.7 cm³/mol. The lowest BCUT2D eigenvalue weighted by Crippen LogP contribution is -1.97. The molecule has 0 amide bonds. The van der Waals surface area contributed by atoms with Gasteiger partial charge in [-0.2, -0.15) is 0 Å². The zero-order valence-electron chi connectivity index (χ0n) is 12.0. The van der Waals surface area contributed by atoms with Crippen LogP contribution < -0.4 is 15.2 Å². The van der Waals surface area contributed by atoms with Crippen LogP contribution in [-0.4, -0.2) is 19.2 Å². The number of anilines is 1. The van der Waals surface area contributed by atoms with E-state index in [9.17, 15) is 0 Å². The first-order chi connectivity index (χ1) is 10.2. The Morgan fingerprint density at radius 2 is 1.57 bits per heavy atom. The van der Waals surface area contributed by atoms with Gasteiger partial charge in [0.15, 0.2) is 0 Å². The largest absolute Gasteiger partial charge is 0.496 e. The van der Waals surface area contributed by atoms with E-state index in [1.165, 1.54) is 0 Å². The number of nitrogens with zero attached hydrogens (tertiary/aromatic N) is 1. The molecule has 4 heteroatoms. The topological polar surface area (TPSA) is 57.4 Å². The summed E-state index contributed by atoms with van der Waals surface area (Å²) in [6.07, 6.45) is 0. The van der Waals surface area contributed by atoms with Gasteiger partial charge in [-0.15, -0.1) is 0 Å². The Kier molecular flexibility index (Phi) is 3.36. The maximum absolute atomic E-state index is 6.22. The summed E-state index contributed by atoms with van der Waals surface area (Å²) in [7, 11) is 3.24. The van der Waals surface area contributed by atoms with E-state index >= 15 is 0 Å². The van der Waals surface area contributed by atoms with Gasteiger partial charge in [-0.05, 0) is 18.2 Å². The van der Waals surface area contributed by atoms with E-state index in [2.05, 4.69) is 0 Å². The van der Waals surface area contributed by atoms with Crippen molar-refractivity contribution < 1.29 is 9.47 Å². The third-order valence-electron chi connectivity index (χ3n) is 3.43. The van der Waals surface area contributed by atoms with Gasteiger partial charge in [0.25, 0.3) is 0 Å². The Bertz CT molecular complexity index is 786. The summed E-state index contributed by atoms with van der Waals surface area (Å²) in [5, 5.41) is 0.775. The molecule has 106 valence electrons. The Morgan fingerprint density at radius 1 is 0.905 bits per heavy atom. The van der Waals surface area contributed by atoms with Crippen molar-refractivity contribution in [1.82, 2.24) is 4.98 Å². The second kappa shape index (κ2) is 5.32. The Labute approximate surface area is 123 Å². The third-order valence-corrected chi connectivity index (χ3v) is 3.43. The van der Waals surface area contributed by atoms with Crippen molar-refractivity contribution in [3.8, 4) is 22.8 Å². The van der Waals surface area contributed by atoms with Crippen molar-refractivity contribution in [2.24, 2.45) is 0 Å². The second-order valence-electron chi connectivity index (χ2n) is 4.66. The predicted octanol–water partition coefficient (Wildman–Crippen LogP) is 3.50. The van der Waals surface area contributed by atoms with Crippen LogP contribution in [0.3, 0.4) is 0 Å². The first-order valence-electron chi connectivity index (χ1n) is 6.61. The van der Waals surface area contributed by atoms with Crippen LogP contribution >= 0.6 is 0 Å². The second-order valence-corrected chi connectivity index (χ2v) is 4.66. The summed E-state index contributed by atoms with van der Waals surface area (Å²) in [4.78, 5) is 4.70. The highest BCUT2D eigenvalue weighted by atomic mass is 16.5. The monoisotopic (exact) mass is 280 g/mol. The fourth-order valence-electron chi connectivity index (χ4n) is 2.41. The minimum Gasteiger partial charge on any atom is -0.496 e. The van der Waals surface area contributed by atoms with Gasteiger partial charge in [-0.25, -0.2) is 4.98 Å². The molecule has 0 unspecified atom stereocenters. The first-order valence-corrected chi connectivity index (χ1v) is 6.61. The van der Waals surface area contributed by atoms with Crippen LogP contribution in [-0.2, 0) is 0 Å². The number of nitrogen functional groups attached to an aromatic ring is 1. The zero-order chi connectivity index (χ0) is 14.8. The number of aromatic nitrogens is 1. The number of fused-ring (bicyclic) bond motifs is 1. The molecule has 2 N–H and O–H groups in total. The van der Waals surface area contributed by atoms with Gasteiger partial charge in [-0.3, -0.25) is 0 Å². The lowest BCUT2D eigenvalue weighted by molar-refractivity contribution is 0.410. The van der Waals surface area contributed by atoms with E-state index in [1.807, 2.05) is 48.5 Å². The maximum Gasteiger partial charge on any atom is 0.145 e. The molecule has 0 saturated heterocycles. The van der Waals surface area contributed by atoms with Crippen molar-refractivity contribution in [3.63, 3.8) is 0 Å². The number of nitrogens with two attached hydrogens (primary N) is 1. The van der Waals surface area contributed by atoms with Crippen LogP contribution in [0.2, 0.25) is 0 Å². The summed E-state index contributed by atoms with van der Waals surface area (Å²) in [5.41, 5.74) is 9.37. The fourth-order valence-corrected chi connectivity index (χ4v) is 2.41. The van der Waals surface area contributed by atoms with E-state index in [-0.39, 0.29) is 0 Å². The Morgan fingerprint density at radius 3 is 2.24 bits per heavy atom. The fraction of sp³-hybridized carbons (Fsp3) is 0.118. The molecule has 3 rings (SSSR count). The van der Waals surface area contributed by atoms with Crippen molar-refractivity contribution in [1.29, 1.82) is 0 Å². The summed E-state index contributed by atoms with van der Waals surface area (Å²) in [6, 6.07) is 15.4. The standard InChI is InChI=1S/C17H16N2O2/c1-20-14-8-9-15(21-2)17-16(14)12(18)10-13(19-17)11-6-4-3-5-7-11/h3-10H,1-2H3,(H2,18,19). The molecule has 0 radical (unpaired) electrons. The molecule has 3 aromatic rings. The maximum atomic E-state index is 6.22. The van der Waals surface area contributed by atoms with Gasteiger partial charge in [0, 0.05) is 11.3 Å². The lowest BCUT2D eigenvalue weighted by atomic mass is 10.1. The quantitative estimate of drug-likeness (QED) is 0.797. The third kappa shape index (κ3) is 2.25. The summed E-state index contributed by atoms with van der Waals surface area (Å²) in [5.74, 6) is 1.37. The van der Waals surface area contributed by atoms with Crippen LogP contribution in [0.15, 0.2) is 48.5 Å². The molecule has 0 saturated carbocycles. The van der Waals surface area contributed by atoms with Gasteiger partial charge in [0.1, 0.15) is 17.0 Å². The molecule has 4 nitrogen and oxygen atoms in total. The highest BCUT2D eigenvalue weighted by Gasteiger charge is 2.14. The van der Waals surface area contributed by atoms with Gasteiger partial charge < -0.3 is 15.2 Å². The number of methoxy groups -OCH3 is 2. The van der Waals surface area contributed by atoms with Crippen LogP contribution in [0.4, 0.5) is 5.69 Å². The van der Waals surface area contributed by atoms with Crippen molar-refractivity contribution in [2.45, 2.75) is 0 Å². The Balaban J connectivity index is 2.33. The Hall–Kier alpha value is -2.75. The van der Waals surface area contributed by atoms with Crippen LogP contribution in [0.5, 0.6) is 11.5 Å². The summed E-state index contributed by atoms with van der Waals surface area (Å²) in [6.45, 7) is 0. The smallest absolute Gasteiger partial charge is 0.145 e. The molecule has 2 aromatic carbocycles. The lowest BCUT2D eigenvalue weighted by Gasteiger charge is -2.13. The number of pyridine rings is 1. The van der Waals surface area contributed by atoms with Crippen LogP contribution in [0.1, 0.15) is 0 Å². The average Bonchev–Trinajstić information content (AvgIpc) is 2.54. The van der Waals surface area contributed by atoms with Crippen molar-refractivity contribution in [3.05, 3.63) is 48.5 Å². The number of hydrogen-bond acceptors (Lipinski definition) is 4.